The molecule has 6 nitrogen and oxygen atoms in total. The van der Waals surface area contributed by atoms with Crippen LogP contribution in [0.15, 0.2) is 173 Å². The SMILES string of the molecule is Cc1cc2c3c(c1)N(c1c(C)cc(C(C)(C)C)cc1C)c1c(ccc4c1OCO4)B3c1cc(-c3ccc4c(c3)oc3ccccc34)ccc1N2c1ccc(-c2ccc3c(c2)oc2ccccc23)cc1. The fraction of sp³-hybridized carbons (Fsp3) is 0.129. The molecule has 0 fully saturated rings. The first-order chi connectivity index (χ1) is 33.6. The Balaban J connectivity index is 0.994. The molecule has 0 radical (unpaired) electrons. The molecule has 0 unspecified atom stereocenters. The van der Waals surface area contributed by atoms with Crippen LogP contribution in [0, 0.1) is 20.8 Å². The zero-order chi connectivity index (χ0) is 46.4. The van der Waals surface area contributed by atoms with Crippen LogP contribution in [0.4, 0.5) is 34.1 Å². The molecular weight excluding hydrogens is 848 g/mol. The number of para-hydroxylation sites is 2. The maximum Gasteiger partial charge on any atom is 0.252 e. The van der Waals surface area contributed by atoms with Crippen molar-refractivity contribution in [2.45, 2.75) is 47.0 Å². The van der Waals surface area contributed by atoms with E-state index in [1.54, 1.807) is 0 Å². The molecule has 0 amide bonds. The molecule has 2 aromatic heterocycles. The molecule has 3 aliphatic heterocycles. The minimum absolute atomic E-state index is 0.00771. The fourth-order valence-corrected chi connectivity index (χ4v) is 11.6. The van der Waals surface area contributed by atoms with Gasteiger partial charge in [-0.15, -0.1) is 0 Å². The van der Waals surface area contributed by atoms with Gasteiger partial charge in [-0.1, -0.05) is 112 Å². The normalized spacial score (nSPS) is 13.7. The number of furan rings is 2. The number of ether oxygens (including phenoxy) is 2. The fourth-order valence-electron chi connectivity index (χ4n) is 11.6. The third-order valence-electron chi connectivity index (χ3n) is 14.8. The largest absolute Gasteiger partial charge is 0.456 e. The van der Waals surface area contributed by atoms with E-state index in [0.717, 1.165) is 112 Å². The van der Waals surface area contributed by atoms with Crippen LogP contribution in [0.25, 0.3) is 66.1 Å². The summed E-state index contributed by atoms with van der Waals surface area (Å²) >= 11 is 0. The number of nitrogens with zero attached hydrogens (tertiary/aromatic N) is 2. The first-order valence-corrected chi connectivity index (χ1v) is 23.9. The first kappa shape index (κ1) is 40.0. The number of fused-ring (bicyclic) bond motifs is 12. The van der Waals surface area contributed by atoms with Gasteiger partial charge < -0.3 is 28.1 Å². The quantitative estimate of drug-likeness (QED) is 0.164. The standard InChI is InChI=1S/C62H47BN2O4/c1-35-27-51-58-52(28-35)65(59-36(2)29-42(30-37(59)3)62(4,5)6)60-48(24-26-55-61(60)67-34-66-55)63(58)49-31-39(41-18-23-47-45-12-8-10-14-54(45)69-57(47)33-41)19-25-50(49)64(51)43-20-15-38(16-21-43)40-17-22-46-44-11-7-9-13-53(44)68-56(46)32-40/h7-33H,34H2,1-6H3. The molecule has 0 N–H and O–H groups in total. The van der Waals surface area contributed by atoms with Gasteiger partial charge in [0.2, 0.25) is 6.79 Å². The summed E-state index contributed by atoms with van der Waals surface area (Å²) in [6.45, 7) is 13.7. The Hall–Kier alpha value is -8.16. The molecule has 11 aromatic rings. The second-order valence-corrected chi connectivity index (χ2v) is 20.2. The Labute approximate surface area is 401 Å². The van der Waals surface area contributed by atoms with E-state index in [9.17, 15) is 0 Å². The van der Waals surface area contributed by atoms with Gasteiger partial charge in [-0.3, -0.25) is 0 Å². The molecule has 9 aromatic carbocycles. The van der Waals surface area contributed by atoms with Gasteiger partial charge >= 0.3 is 0 Å². The number of aryl methyl sites for hydroxylation is 3. The first-order valence-electron chi connectivity index (χ1n) is 23.9. The molecule has 7 heteroatoms. The zero-order valence-electron chi connectivity index (χ0n) is 39.4. The molecule has 69 heavy (non-hydrogen) atoms. The van der Waals surface area contributed by atoms with Crippen LogP contribution in [0.3, 0.4) is 0 Å². The van der Waals surface area contributed by atoms with Gasteiger partial charge in [0.25, 0.3) is 6.71 Å². The van der Waals surface area contributed by atoms with Gasteiger partial charge in [-0.25, -0.2) is 0 Å². The van der Waals surface area contributed by atoms with Crippen LogP contribution < -0.4 is 35.7 Å². The summed E-state index contributed by atoms with van der Waals surface area (Å²) in [4.78, 5) is 4.97. The highest BCUT2D eigenvalue weighted by Crippen LogP contribution is 2.52. The van der Waals surface area contributed by atoms with Crippen molar-refractivity contribution in [3.05, 3.63) is 186 Å². The Kier molecular flexibility index (Phi) is 8.36. The van der Waals surface area contributed by atoms with E-state index in [4.69, 9.17) is 18.3 Å². The van der Waals surface area contributed by atoms with Crippen molar-refractivity contribution in [1.29, 1.82) is 0 Å². The number of benzene rings is 9. The van der Waals surface area contributed by atoms with Crippen LogP contribution in [-0.4, -0.2) is 13.5 Å². The number of hydrogen-bond donors (Lipinski definition) is 0. The van der Waals surface area contributed by atoms with Crippen LogP contribution in [0.5, 0.6) is 11.5 Å². The number of rotatable bonds is 4. The molecule has 332 valence electrons. The van der Waals surface area contributed by atoms with Crippen LogP contribution >= 0.6 is 0 Å². The summed E-state index contributed by atoms with van der Waals surface area (Å²) in [6, 6.07) is 59.6. The summed E-state index contributed by atoms with van der Waals surface area (Å²) in [7, 11) is 0. The van der Waals surface area contributed by atoms with E-state index < -0.39 is 0 Å². The maximum absolute atomic E-state index is 6.53. The van der Waals surface area contributed by atoms with Crippen molar-refractivity contribution < 1.29 is 18.3 Å². The van der Waals surface area contributed by atoms with Crippen LogP contribution in [0.2, 0.25) is 0 Å². The second-order valence-electron chi connectivity index (χ2n) is 20.2. The molecule has 0 saturated carbocycles. The van der Waals surface area contributed by atoms with Gasteiger partial charge in [0, 0.05) is 44.3 Å². The van der Waals surface area contributed by atoms with Crippen LogP contribution in [0.1, 0.15) is 43.0 Å². The molecule has 0 bridgehead atoms. The van der Waals surface area contributed by atoms with E-state index in [1.807, 2.05) is 24.3 Å². The van der Waals surface area contributed by atoms with Gasteiger partial charge in [-0.2, -0.15) is 0 Å². The Bertz CT molecular complexity index is 3960. The lowest BCUT2D eigenvalue weighted by atomic mass is 9.33. The third kappa shape index (κ3) is 5.92. The topological polar surface area (TPSA) is 51.2 Å². The summed E-state index contributed by atoms with van der Waals surface area (Å²) < 4.78 is 25.5. The smallest absolute Gasteiger partial charge is 0.252 e. The summed E-state index contributed by atoms with van der Waals surface area (Å²) in [5.74, 6) is 1.55. The predicted octanol–water partition coefficient (Wildman–Crippen LogP) is 14.9. The summed E-state index contributed by atoms with van der Waals surface area (Å²) in [5, 5.41) is 4.50. The van der Waals surface area contributed by atoms with Gasteiger partial charge in [0.05, 0.1) is 11.4 Å². The Morgan fingerprint density at radius 1 is 0.464 bits per heavy atom. The monoisotopic (exact) mass is 894 g/mol. The van der Waals surface area contributed by atoms with Gasteiger partial charge in [-0.05, 0) is 160 Å². The van der Waals surface area contributed by atoms with Gasteiger partial charge in [0.1, 0.15) is 22.3 Å². The molecule has 5 heterocycles. The molecule has 0 atom stereocenters. The van der Waals surface area contributed by atoms with E-state index in [1.165, 1.54) is 38.6 Å². The Morgan fingerprint density at radius 3 is 1.68 bits per heavy atom. The predicted molar refractivity (Wildman–Crippen MR) is 285 cm³/mol. The van der Waals surface area contributed by atoms with E-state index >= 15 is 0 Å². The van der Waals surface area contributed by atoms with Crippen LogP contribution in [-0.2, 0) is 5.41 Å². The van der Waals surface area contributed by atoms with E-state index in [0.29, 0.717) is 0 Å². The second kappa shape index (κ2) is 14.4. The lowest BCUT2D eigenvalue weighted by Crippen LogP contribution is -2.61. The third-order valence-corrected chi connectivity index (χ3v) is 14.8. The van der Waals surface area contributed by atoms with Crippen molar-refractivity contribution in [3.63, 3.8) is 0 Å². The van der Waals surface area contributed by atoms with Gasteiger partial charge in [0.15, 0.2) is 11.5 Å². The van der Waals surface area contributed by atoms with E-state index in [-0.39, 0.29) is 18.9 Å². The highest BCUT2D eigenvalue weighted by atomic mass is 16.7. The molecule has 0 aliphatic carbocycles. The van der Waals surface area contributed by atoms with Crippen molar-refractivity contribution in [2.75, 3.05) is 16.6 Å². The van der Waals surface area contributed by atoms with E-state index in [2.05, 4.69) is 191 Å². The lowest BCUT2D eigenvalue weighted by molar-refractivity contribution is 0.174. The van der Waals surface area contributed by atoms with Crippen molar-refractivity contribution in [3.8, 4) is 33.8 Å². The average Bonchev–Trinajstić information content (AvgIpc) is 4.09. The highest BCUT2D eigenvalue weighted by Gasteiger charge is 2.46. The number of anilines is 6. The lowest BCUT2D eigenvalue weighted by Gasteiger charge is -2.45. The zero-order valence-corrected chi connectivity index (χ0v) is 39.4. The molecular formula is C62H47BN2O4. The maximum atomic E-state index is 6.53. The molecule has 3 aliphatic rings. The highest BCUT2D eigenvalue weighted by molar-refractivity contribution is 7.00. The number of hydrogen-bond acceptors (Lipinski definition) is 6. The Morgan fingerprint density at radius 2 is 1.03 bits per heavy atom. The average molecular weight is 895 g/mol. The summed E-state index contributed by atoms with van der Waals surface area (Å²) in [5.41, 5.74) is 23.3. The molecule has 0 spiro atoms. The van der Waals surface area contributed by atoms with Crippen molar-refractivity contribution >= 4 is 101 Å². The van der Waals surface area contributed by atoms with Crippen molar-refractivity contribution in [1.82, 2.24) is 0 Å². The summed E-state index contributed by atoms with van der Waals surface area (Å²) in [6.07, 6.45) is 0. The van der Waals surface area contributed by atoms with Crippen molar-refractivity contribution in [2.24, 2.45) is 0 Å². The minimum atomic E-state index is -0.123. The minimum Gasteiger partial charge on any atom is -0.456 e. The molecule has 14 rings (SSSR count). The molecule has 0 saturated heterocycles.